The fourth-order valence-corrected chi connectivity index (χ4v) is 5.02. The van der Waals surface area contributed by atoms with E-state index in [9.17, 15) is 9.59 Å². The van der Waals surface area contributed by atoms with Crippen LogP contribution >= 0.6 is 0 Å². The second-order valence-electron chi connectivity index (χ2n) is 9.28. The zero-order valence-corrected chi connectivity index (χ0v) is 19.1. The van der Waals surface area contributed by atoms with E-state index < -0.39 is 0 Å². The first-order valence-electron chi connectivity index (χ1n) is 11.8. The van der Waals surface area contributed by atoms with Gasteiger partial charge in [0.25, 0.3) is 0 Å². The molecular weight excluding hydrogens is 412 g/mol. The number of imidazole rings is 1. The van der Waals surface area contributed by atoms with Gasteiger partial charge in [0.15, 0.2) is 0 Å². The lowest BCUT2D eigenvalue weighted by molar-refractivity contribution is -0.137. The molecule has 3 heterocycles. The standard InChI is InChI=1S/C27H30N4O2/c1-20-7-9-24(10-8-20)31-19-23(17-25(31)32)27(33)29-14-11-21(12-15-29)18-30-16-13-28-26(30)22-5-3-2-4-6-22/h2-10,13,16,21,23H,11-12,14-15,17-19H2,1H3. The first kappa shape index (κ1) is 21.4. The molecule has 6 heteroatoms. The minimum Gasteiger partial charge on any atom is -0.342 e. The maximum atomic E-state index is 13.2. The third-order valence-corrected chi connectivity index (χ3v) is 6.95. The van der Waals surface area contributed by atoms with Gasteiger partial charge in [-0.15, -0.1) is 0 Å². The molecule has 1 unspecified atom stereocenters. The van der Waals surface area contributed by atoms with Gasteiger partial charge in [-0.25, -0.2) is 4.98 Å². The van der Waals surface area contributed by atoms with Crippen molar-refractivity contribution in [3.05, 3.63) is 72.6 Å². The molecule has 0 radical (unpaired) electrons. The van der Waals surface area contributed by atoms with Crippen LogP contribution in [0.25, 0.3) is 11.4 Å². The molecule has 2 aliphatic heterocycles. The molecule has 33 heavy (non-hydrogen) atoms. The minimum absolute atomic E-state index is 0.0423. The van der Waals surface area contributed by atoms with Gasteiger partial charge in [-0.3, -0.25) is 9.59 Å². The molecule has 0 saturated carbocycles. The summed E-state index contributed by atoms with van der Waals surface area (Å²) in [5, 5.41) is 0. The van der Waals surface area contributed by atoms with Crippen LogP contribution in [0.2, 0.25) is 0 Å². The average molecular weight is 443 g/mol. The van der Waals surface area contributed by atoms with E-state index in [0.29, 0.717) is 18.9 Å². The third-order valence-electron chi connectivity index (χ3n) is 6.95. The van der Waals surface area contributed by atoms with Gasteiger partial charge in [-0.1, -0.05) is 48.0 Å². The van der Waals surface area contributed by atoms with Gasteiger partial charge >= 0.3 is 0 Å². The summed E-state index contributed by atoms with van der Waals surface area (Å²) in [6, 6.07) is 18.2. The molecule has 1 atom stereocenters. The Kier molecular flexibility index (Phi) is 5.99. The number of hydrogen-bond donors (Lipinski definition) is 0. The minimum atomic E-state index is -0.242. The lowest BCUT2D eigenvalue weighted by atomic mass is 9.95. The Bertz CT molecular complexity index is 1110. The van der Waals surface area contributed by atoms with Gasteiger partial charge in [-0.05, 0) is 37.8 Å². The van der Waals surface area contributed by atoms with E-state index in [2.05, 4.69) is 21.7 Å². The van der Waals surface area contributed by atoms with E-state index in [0.717, 1.165) is 55.1 Å². The van der Waals surface area contributed by atoms with Crippen LogP contribution < -0.4 is 4.90 Å². The summed E-state index contributed by atoms with van der Waals surface area (Å²) in [5.41, 5.74) is 3.17. The van der Waals surface area contributed by atoms with Crippen LogP contribution in [0.15, 0.2) is 67.0 Å². The molecule has 170 valence electrons. The van der Waals surface area contributed by atoms with Crippen molar-refractivity contribution in [3.8, 4) is 11.4 Å². The van der Waals surface area contributed by atoms with Crippen LogP contribution in [0.3, 0.4) is 0 Å². The number of carbonyl (C=O) groups is 2. The molecule has 0 spiro atoms. The highest BCUT2D eigenvalue weighted by Gasteiger charge is 2.38. The first-order chi connectivity index (χ1) is 16.1. The molecule has 0 bridgehead atoms. The second kappa shape index (κ2) is 9.22. The highest BCUT2D eigenvalue weighted by molar-refractivity contribution is 6.00. The maximum Gasteiger partial charge on any atom is 0.228 e. The van der Waals surface area contributed by atoms with Gasteiger partial charge < -0.3 is 14.4 Å². The van der Waals surface area contributed by atoms with Crippen molar-refractivity contribution >= 4 is 17.5 Å². The van der Waals surface area contributed by atoms with Crippen molar-refractivity contribution in [2.24, 2.45) is 11.8 Å². The lowest BCUT2D eigenvalue weighted by Gasteiger charge is -2.33. The number of likely N-dealkylation sites (tertiary alicyclic amines) is 1. The van der Waals surface area contributed by atoms with E-state index in [-0.39, 0.29) is 17.7 Å². The van der Waals surface area contributed by atoms with Crippen LogP contribution in [0.1, 0.15) is 24.8 Å². The van der Waals surface area contributed by atoms with Crippen LogP contribution in [-0.2, 0) is 16.1 Å². The van der Waals surface area contributed by atoms with E-state index >= 15 is 0 Å². The monoisotopic (exact) mass is 442 g/mol. The Morgan fingerprint density at radius 2 is 1.76 bits per heavy atom. The second-order valence-corrected chi connectivity index (χ2v) is 9.28. The topological polar surface area (TPSA) is 58.4 Å². The van der Waals surface area contributed by atoms with Gasteiger partial charge in [0.05, 0.1) is 5.92 Å². The number of nitrogens with zero attached hydrogens (tertiary/aromatic N) is 4. The summed E-state index contributed by atoms with van der Waals surface area (Å²) < 4.78 is 2.23. The summed E-state index contributed by atoms with van der Waals surface area (Å²) in [6.07, 6.45) is 6.16. The smallest absolute Gasteiger partial charge is 0.228 e. The summed E-state index contributed by atoms with van der Waals surface area (Å²) >= 11 is 0. The zero-order chi connectivity index (χ0) is 22.8. The number of anilines is 1. The molecular formula is C27H30N4O2. The molecule has 1 aromatic heterocycles. The quantitative estimate of drug-likeness (QED) is 0.596. The Morgan fingerprint density at radius 3 is 2.48 bits per heavy atom. The average Bonchev–Trinajstić information content (AvgIpc) is 3.47. The number of rotatable bonds is 5. The van der Waals surface area contributed by atoms with E-state index in [1.54, 1.807) is 4.90 Å². The van der Waals surface area contributed by atoms with Crippen LogP contribution in [0.4, 0.5) is 5.69 Å². The van der Waals surface area contributed by atoms with Crippen molar-refractivity contribution in [2.75, 3.05) is 24.5 Å². The molecule has 0 aliphatic carbocycles. The molecule has 2 saturated heterocycles. The van der Waals surface area contributed by atoms with Crippen LogP contribution in [-0.4, -0.2) is 45.9 Å². The maximum absolute atomic E-state index is 13.2. The van der Waals surface area contributed by atoms with Crippen molar-refractivity contribution < 1.29 is 9.59 Å². The predicted molar refractivity (Wildman–Crippen MR) is 129 cm³/mol. The van der Waals surface area contributed by atoms with Crippen molar-refractivity contribution in [1.29, 1.82) is 0 Å². The number of hydrogen-bond acceptors (Lipinski definition) is 3. The number of piperidine rings is 1. The lowest BCUT2D eigenvalue weighted by Crippen LogP contribution is -2.43. The molecule has 2 aliphatic rings. The number of carbonyl (C=O) groups excluding carboxylic acids is 2. The van der Waals surface area contributed by atoms with Crippen LogP contribution in [0, 0.1) is 18.8 Å². The van der Waals surface area contributed by atoms with Gasteiger partial charge in [0, 0.05) is 56.2 Å². The number of aryl methyl sites for hydroxylation is 1. The fourth-order valence-electron chi connectivity index (χ4n) is 5.02. The summed E-state index contributed by atoms with van der Waals surface area (Å²) in [4.78, 5) is 34.0. The largest absolute Gasteiger partial charge is 0.342 e. The third kappa shape index (κ3) is 4.56. The van der Waals surface area contributed by atoms with Crippen molar-refractivity contribution in [2.45, 2.75) is 32.7 Å². The molecule has 3 aromatic rings. The highest BCUT2D eigenvalue weighted by Crippen LogP contribution is 2.29. The van der Waals surface area contributed by atoms with E-state index in [1.807, 2.05) is 66.7 Å². The zero-order valence-electron chi connectivity index (χ0n) is 19.1. The number of aromatic nitrogens is 2. The number of amides is 2. The Hall–Kier alpha value is -3.41. The van der Waals surface area contributed by atoms with Crippen molar-refractivity contribution in [1.82, 2.24) is 14.5 Å². The Morgan fingerprint density at radius 1 is 1.03 bits per heavy atom. The summed E-state index contributed by atoms with van der Waals surface area (Å²) in [5.74, 6) is 1.44. The first-order valence-corrected chi connectivity index (χ1v) is 11.8. The Balaban J connectivity index is 1.17. The number of benzene rings is 2. The summed E-state index contributed by atoms with van der Waals surface area (Å²) in [7, 11) is 0. The van der Waals surface area contributed by atoms with Gasteiger partial charge in [0.1, 0.15) is 5.82 Å². The van der Waals surface area contributed by atoms with Gasteiger partial charge in [0.2, 0.25) is 11.8 Å². The molecule has 0 N–H and O–H groups in total. The molecule has 6 nitrogen and oxygen atoms in total. The molecule has 2 fully saturated rings. The molecule has 5 rings (SSSR count). The molecule has 2 amide bonds. The molecule has 2 aromatic carbocycles. The Labute approximate surface area is 194 Å². The van der Waals surface area contributed by atoms with Crippen molar-refractivity contribution in [3.63, 3.8) is 0 Å². The SMILES string of the molecule is Cc1ccc(N2CC(C(=O)N3CCC(Cn4ccnc4-c4ccccc4)CC3)CC2=O)cc1. The highest BCUT2D eigenvalue weighted by atomic mass is 16.2. The summed E-state index contributed by atoms with van der Waals surface area (Å²) in [6.45, 7) is 4.94. The normalized spacial score (nSPS) is 19.3. The fraction of sp³-hybridized carbons (Fsp3) is 0.370. The van der Waals surface area contributed by atoms with Gasteiger partial charge in [-0.2, -0.15) is 0 Å². The predicted octanol–water partition coefficient (Wildman–Crippen LogP) is 4.15. The van der Waals surface area contributed by atoms with Crippen LogP contribution in [0.5, 0.6) is 0 Å². The van der Waals surface area contributed by atoms with E-state index in [4.69, 9.17) is 0 Å². The van der Waals surface area contributed by atoms with E-state index in [1.165, 1.54) is 0 Å².